The van der Waals surface area contributed by atoms with Crippen LogP contribution in [-0.2, 0) is 0 Å². The molecule has 0 atom stereocenters. The number of phenolic OH excluding ortho intramolecular Hbond substituents is 1. The summed E-state index contributed by atoms with van der Waals surface area (Å²) in [5, 5.41) is 16.1. The van der Waals surface area contributed by atoms with Crippen molar-refractivity contribution < 1.29 is 9.90 Å². The standard InChI is InChI=1S/C14H17ClN2O2/c15-11-1-2-12(13(18)9-11)14(19)17-8-5-10-3-6-16-7-4-10/h1-3,9,16,18H,4-8H2,(H,17,19). The highest BCUT2D eigenvalue weighted by Gasteiger charge is 2.11. The number of carbonyl (C=O) groups is 1. The largest absolute Gasteiger partial charge is 0.507 e. The number of carbonyl (C=O) groups excluding carboxylic acids is 1. The summed E-state index contributed by atoms with van der Waals surface area (Å²) in [5.41, 5.74) is 1.61. The van der Waals surface area contributed by atoms with Gasteiger partial charge >= 0.3 is 0 Å². The molecule has 5 heteroatoms. The average molecular weight is 281 g/mol. The lowest BCUT2D eigenvalue weighted by Crippen LogP contribution is -2.26. The van der Waals surface area contributed by atoms with Gasteiger partial charge in [-0.2, -0.15) is 0 Å². The fraction of sp³-hybridized carbons (Fsp3) is 0.357. The summed E-state index contributed by atoms with van der Waals surface area (Å²) in [7, 11) is 0. The van der Waals surface area contributed by atoms with Crippen molar-refractivity contribution in [2.45, 2.75) is 12.8 Å². The van der Waals surface area contributed by atoms with Gasteiger partial charge < -0.3 is 15.7 Å². The summed E-state index contributed by atoms with van der Waals surface area (Å²) >= 11 is 5.72. The second-order valence-corrected chi connectivity index (χ2v) is 4.92. The summed E-state index contributed by atoms with van der Waals surface area (Å²) in [6.45, 7) is 2.48. The van der Waals surface area contributed by atoms with E-state index in [0.29, 0.717) is 11.6 Å². The number of amides is 1. The van der Waals surface area contributed by atoms with Crippen LogP contribution in [0.1, 0.15) is 23.2 Å². The lowest BCUT2D eigenvalue weighted by molar-refractivity contribution is 0.0951. The minimum absolute atomic E-state index is 0.0916. The van der Waals surface area contributed by atoms with Crippen LogP contribution in [-0.4, -0.2) is 30.6 Å². The average Bonchev–Trinajstić information content (AvgIpc) is 2.39. The highest BCUT2D eigenvalue weighted by Crippen LogP contribution is 2.21. The van der Waals surface area contributed by atoms with Crippen molar-refractivity contribution in [3.05, 3.63) is 40.4 Å². The van der Waals surface area contributed by atoms with E-state index in [1.54, 1.807) is 6.07 Å². The van der Waals surface area contributed by atoms with E-state index in [4.69, 9.17) is 11.6 Å². The maximum atomic E-state index is 11.9. The maximum absolute atomic E-state index is 11.9. The molecule has 2 rings (SSSR count). The Kier molecular flexibility index (Phi) is 4.82. The van der Waals surface area contributed by atoms with Gasteiger partial charge in [0.2, 0.25) is 0 Å². The molecule has 102 valence electrons. The van der Waals surface area contributed by atoms with Crippen LogP contribution in [0.15, 0.2) is 29.8 Å². The predicted octanol–water partition coefficient (Wildman–Crippen LogP) is 2.09. The van der Waals surface area contributed by atoms with Crippen molar-refractivity contribution in [2.24, 2.45) is 0 Å². The number of halogens is 1. The van der Waals surface area contributed by atoms with Gasteiger partial charge in [0, 0.05) is 18.1 Å². The van der Waals surface area contributed by atoms with Crippen LogP contribution in [0.3, 0.4) is 0 Å². The lowest BCUT2D eigenvalue weighted by Gasteiger charge is -2.14. The van der Waals surface area contributed by atoms with E-state index in [1.165, 1.54) is 17.7 Å². The lowest BCUT2D eigenvalue weighted by atomic mass is 10.1. The third kappa shape index (κ3) is 3.98. The highest BCUT2D eigenvalue weighted by atomic mass is 35.5. The Morgan fingerprint density at radius 3 is 3.00 bits per heavy atom. The number of rotatable bonds is 4. The van der Waals surface area contributed by atoms with Crippen LogP contribution >= 0.6 is 11.6 Å². The summed E-state index contributed by atoms with van der Waals surface area (Å²) in [4.78, 5) is 11.9. The fourth-order valence-electron chi connectivity index (χ4n) is 2.03. The molecule has 0 unspecified atom stereocenters. The number of phenols is 1. The smallest absolute Gasteiger partial charge is 0.255 e. The summed E-state index contributed by atoms with van der Waals surface area (Å²) < 4.78 is 0. The zero-order chi connectivity index (χ0) is 13.7. The number of aromatic hydroxyl groups is 1. The van der Waals surface area contributed by atoms with E-state index in [9.17, 15) is 9.90 Å². The molecule has 1 aromatic rings. The first-order valence-corrected chi connectivity index (χ1v) is 6.70. The Bertz CT molecular complexity index is 500. The quantitative estimate of drug-likeness (QED) is 0.740. The van der Waals surface area contributed by atoms with Gasteiger partial charge in [-0.15, -0.1) is 0 Å². The van der Waals surface area contributed by atoms with Crippen molar-refractivity contribution >= 4 is 17.5 Å². The Morgan fingerprint density at radius 2 is 2.32 bits per heavy atom. The third-order valence-electron chi connectivity index (χ3n) is 3.09. The molecule has 1 amide bonds. The number of hydrogen-bond acceptors (Lipinski definition) is 3. The van der Waals surface area contributed by atoms with Crippen molar-refractivity contribution in [2.75, 3.05) is 19.6 Å². The van der Waals surface area contributed by atoms with Crippen molar-refractivity contribution in [3.8, 4) is 5.75 Å². The number of hydrogen-bond donors (Lipinski definition) is 3. The molecule has 0 aliphatic carbocycles. The van der Waals surface area contributed by atoms with Crippen LogP contribution in [0.25, 0.3) is 0 Å². The summed E-state index contributed by atoms with van der Waals surface area (Å²) in [6.07, 6.45) is 4.04. The maximum Gasteiger partial charge on any atom is 0.255 e. The van der Waals surface area contributed by atoms with Gasteiger partial charge in [0.15, 0.2) is 0 Å². The molecule has 1 aromatic carbocycles. The molecule has 1 aliphatic heterocycles. The Balaban J connectivity index is 1.85. The van der Waals surface area contributed by atoms with Gasteiger partial charge in [-0.1, -0.05) is 23.3 Å². The van der Waals surface area contributed by atoms with Crippen molar-refractivity contribution in [1.82, 2.24) is 10.6 Å². The van der Waals surface area contributed by atoms with Crippen LogP contribution in [0.5, 0.6) is 5.75 Å². The van der Waals surface area contributed by atoms with E-state index in [2.05, 4.69) is 16.7 Å². The normalized spacial score (nSPS) is 14.9. The number of nitrogens with one attached hydrogen (secondary N) is 2. The van der Waals surface area contributed by atoms with Gasteiger partial charge in [-0.05, 0) is 37.6 Å². The van der Waals surface area contributed by atoms with Crippen LogP contribution in [0.4, 0.5) is 0 Å². The van der Waals surface area contributed by atoms with Gasteiger partial charge in [0.1, 0.15) is 5.75 Å². The molecule has 19 heavy (non-hydrogen) atoms. The molecule has 1 aliphatic rings. The first kappa shape index (κ1) is 13.9. The molecule has 0 aromatic heterocycles. The van der Waals surface area contributed by atoms with Crippen LogP contribution in [0, 0.1) is 0 Å². The molecular weight excluding hydrogens is 264 g/mol. The van der Waals surface area contributed by atoms with Crippen LogP contribution < -0.4 is 10.6 Å². The van der Waals surface area contributed by atoms with E-state index in [1.807, 2.05) is 0 Å². The second kappa shape index (κ2) is 6.59. The molecule has 4 nitrogen and oxygen atoms in total. The summed E-state index contributed by atoms with van der Waals surface area (Å²) in [5.74, 6) is -0.366. The summed E-state index contributed by atoms with van der Waals surface area (Å²) in [6, 6.07) is 4.48. The van der Waals surface area contributed by atoms with E-state index in [0.717, 1.165) is 25.9 Å². The van der Waals surface area contributed by atoms with Crippen LogP contribution in [0.2, 0.25) is 5.02 Å². The number of benzene rings is 1. The van der Waals surface area contributed by atoms with Gasteiger partial charge in [0.05, 0.1) is 5.56 Å². The molecular formula is C14H17ClN2O2. The van der Waals surface area contributed by atoms with Gasteiger partial charge in [-0.3, -0.25) is 4.79 Å². The fourth-order valence-corrected chi connectivity index (χ4v) is 2.19. The molecule has 3 N–H and O–H groups in total. The molecule has 0 saturated heterocycles. The van der Waals surface area contributed by atoms with Crippen molar-refractivity contribution in [1.29, 1.82) is 0 Å². The first-order chi connectivity index (χ1) is 9.16. The third-order valence-corrected chi connectivity index (χ3v) is 3.33. The SMILES string of the molecule is O=C(NCCC1=CCNCC1)c1ccc(Cl)cc1O. The van der Waals surface area contributed by atoms with E-state index >= 15 is 0 Å². The zero-order valence-corrected chi connectivity index (χ0v) is 11.3. The molecule has 0 spiro atoms. The molecule has 0 radical (unpaired) electrons. The Morgan fingerprint density at radius 1 is 1.47 bits per heavy atom. The zero-order valence-electron chi connectivity index (χ0n) is 10.6. The van der Waals surface area contributed by atoms with Gasteiger partial charge in [0.25, 0.3) is 5.91 Å². The Labute approximate surface area is 117 Å². The molecule has 0 saturated carbocycles. The highest BCUT2D eigenvalue weighted by molar-refractivity contribution is 6.30. The minimum atomic E-state index is -0.274. The van der Waals surface area contributed by atoms with Gasteiger partial charge in [-0.25, -0.2) is 0 Å². The second-order valence-electron chi connectivity index (χ2n) is 4.48. The topological polar surface area (TPSA) is 61.4 Å². The van der Waals surface area contributed by atoms with Crippen molar-refractivity contribution in [3.63, 3.8) is 0 Å². The Hall–Kier alpha value is -1.52. The monoisotopic (exact) mass is 280 g/mol. The first-order valence-electron chi connectivity index (χ1n) is 6.32. The minimum Gasteiger partial charge on any atom is -0.507 e. The van der Waals surface area contributed by atoms with E-state index < -0.39 is 0 Å². The molecule has 0 bridgehead atoms. The predicted molar refractivity (Wildman–Crippen MR) is 75.6 cm³/mol. The molecule has 0 fully saturated rings. The van der Waals surface area contributed by atoms with E-state index in [-0.39, 0.29) is 17.2 Å². The molecule has 1 heterocycles.